The first-order valence-corrected chi connectivity index (χ1v) is 6.38. The van der Waals surface area contributed by atoms with E-state index in [9.17, 15) is 10.1 Å². The lowest BCUT2D eigenvalue weighted by Gasteiger charge is -2.10. The second kappa shape index (κ2) is 7.07. The number of nitrogens with zero attached hydrogens (tertiary/aromatic N) is 1. The van der Waals surface area contributed by atoms with Crippen LogP contribution in [0.25, 0.3) is 0 Å². The largest absolute Gasteiger partial charge is 0.493 e. The molecule has 0 aromatic heterocycles. The zero-order valence-corrected chi connectivity index (χ0v) is 11.0. The number of thioether (sulfide) groups is 1. The van der Waals surface area contributed by atoms with E-state index >= 15 is 0 Å². The number of nitro groups is 1. The summed E-state index contributed by atoms with van der Waals surface area (Å²) in [6.45, 7) is 0.0474. The molecule has 0 spiro atoms. The van der Waals surface area contributed by atoms with Gasteiger partial charge in [0.2, 0.25) is 5.75 Å². The van der Waals surface area contributed by atoms with Crippen LogP contribution in [0.1, 0.15) is 5.56 Å². The Bertz CT molecular complexity index is 424. The molecule has 1 aromatic rings. The van der Waals surface area contributed by atoms with Gasteiger partial charge < -0.3 is 14.6 Å². The predicted octanol–water partition coefficient (Wildman–Crippen LogP) is 1.84. The molecule has 1 aromatic carbocycles. The maximum absolute atomic E-state index is 11.1. The van der Waals surface area contributed by atoms with Gasteiger partial charge in [0.15, 0.2) is 5.75 Å². The lowest BCUT2D eigenvalue weighted by Crippen LogP contribution is -2.01. The molecule has 0 radical (unpaired) electrons. The van der Waals surface area contributed by atoms with Crippen LogP contribution in [0.3, 0.4) is 0 Å². The molecule has 0 fully saturated rings. The topological polar surface area (TPSA) is 81.8 Å². The summed E-state index contributed by atoms with van der Waals surface area (Å²) in [5.74, 6) is 1.44. The van der Waals surface area contributed by atoms with E-state index in [0.717, 1.165) is 0 Å². The number of hydrogen-bond acceptors (Lipinski definition) is 6. The monoisotopic (exact) mass is 273 g/mol. The minimum atomic E-state index is -0.476. The highest BCUT2D eigenvalue weighted by Gasteiger charge is 2.24. The lowest BCUT2D eigenvalue weighted by molar-refractivity contribution is -0.386. The van der Waals surface area contributed by atoms with Crippen molar-refractivity contribution in [2.24, 2.45) is 0 Å². The van der Waals surface area contributed by atoms with Crippen LogP contribution >= 0.6 is 11.8 Å². The van der Waals surface area contributed by atoms with Crippen molar-refractivity contribution in [1.29, 1.82) is 0 Å². The molecule has 0 saturated heterocycles. The van der Waals surface area contributed by atoms with Crippen molar-refractivity contribution in [3.05, 3.63) is 27.8 Å². The Kier molecular flexibility index (Phi) is 5.73. The Morgan fingerprint density at radius 3 is 2.61 bits per heavy atom. The van der Waals surface area contributed by atoms with Gasteiger partial charge in [-0.2, -0.15) is 11.8 Å². The van der Waals surface area contributed by atoms with Crippen molar-refractivity contribution in [2.45, 2.75) is 5.75 Å². The second-order valence-corrected chi connectivity index (χ2v) is 4.45. The Morgan fingerprint density at radius 1 is 1.39 bits per heavy atom. The lowest BCUT2D eigenvalue weighted by atomic mass is 10.1. The molecule has 0 atom stereocenters. The summed E-state index contributed by atoms with van der Waals surface area (Å²) in [4.78, 5) is 10.6. The van der Waals surface area contributed by atoms with Gasteiger partial charge >= 0.3 is 5.69 Å². The van der Waals surface area contributed by atoms with E-state index < -0.39 is 4.92 Å². The SMILES string of the molecule is COc1ccc(CSCCO)c([N+](=O)[O-])c1OC. The standard InChI is InChI=1S/C11H15NO5S/c1-16-9-4-3-8(7-18-6-5-13)10(12(14)15)11(9)17-2/h3-4,13H,5-7H2,1-2H3. The van der Waals surface area contributed by atoms with Crippen molar-refractivity contribution >= 4 is 17.4 Å². The summed E-state index contributed by atoms with van der Waals surface area (Å²) in [5, 5.41) is 19.8. The summed E-state index contributed by atoms with van der Waals surface area (Å²) in [5.41, 5.74) is 0.471. The summed E-state index contributed by atoms with van der Waals surface area (Å²) >= 11 is 1.42. The molecule has 7 heteroatoms. The van der Waals surface area contributed by atoms with Gasteiger partial charge in [-0.05, 0) is 12.1 Å². The molecule has 100 valence electrons. The average Bonchev–Trinajstić information content (AvgIpc) is 2.37. The molecule has 0 saturated carbocycles. The Balaban J connectivity index is 3.13. The van der Waals surface area contributed by atoms with E-state index in [2.05, 4.69) is 0 Å². The number of nitro benzene ring substituents is 1. The minimum absolute atomic E-state index is 0.0474. The number of aliphatic hydroxyl groups excluding tert-OH is 1. The summed E-state index contributed by atoms with van der Waals surface area (Å²) in [7, 11) is 2.80. The van der Waals surface area contributed by atoms with Crippen molar-refractivity contribution in [1.82, 2.24) is 0 Å². The maximum Gasteiger partial charge on any atom is 0.318 e. The smallest absolute Gasteiger partial charge is 0.318 e. The van der Waals surface area contributed by atoms with Crippen LogP contribution in [0.2, 0.25) is 0 Å². The fourth-order valence-corrected chi connectivity index (χ4v) is 2.24. The molecule has 0 amide bonds. The molecular weight excluding hydrogens is 258 g/mol. The van der Waals surface area contributed by atoms with E-state index in [4.69, 9.17) is 14.6 Å². The van der Waals surface area contributed by atoms with Crippen LogP contribution in [0.4, 0.5) is 5.69 Å². The third-order valence-electron chi connectivity index (χ3n) is 2.28. The molecular formula is C11H15NO5S. The Hall–Kier alpha value is -1.47. The normalized spacial score (nSPS) is 10.2. The summed E-state index contributed by atoms with van der Waals surface area (Å²) < 4.78 is 10.1. The third-order valence-corrected chi connectivity index (χ3v) is 3.27. The summed E-state index contributed by atoms with van der Waals surface area (Å²) in [6, 6.07) is 3.28. The Morgan fingerprint density at radius 2 is 2.11 bits per heavy atom. The zero-order valence-electron chi connectivity index (χ0n) is 10.2. The van der Waals surface area contributed by atoms with Crippen LogP contribution in [0, 0.1) is 10.1 Å². The fraction of sp³-hybridized carbons (Fsp3) is 0.455. The second-order valence-electron chi connectivity index (χ2n) is 3.34. The van der Waals surface area contributed by atoms with Crippen LogP contribution in [0.15, 0.2) is 12.1 Å². The average molecular weight is 273 g/mol. The van der Waals surface area contributed by atoms with Crippen molar-refractivity contribution in [3.63, 3.8) is 0 Å². The highest BCUT2D eigenvalue weighted by atomic mass is 32.2. The predicted molar refractivity (Wildman–Crippen MR) is 69.4 cm³/mol. The number of benzene rings is 1. The maximum atomic E-state index is 11.1. The van der Waals surface area contributed by atoms with Gasteiger partial charge in [-0.15, -0.1) is 0 Å². The van der Waals surface area contributed by atoms with Crippen LogP contribution in [-0.2, 0) is 5.75 Å². The molecule has 0 aliphatic carbocycles. The van der Waals surface area contributed by atoms with Crippen molar-refractivity contribution in [3.8, 4) is 11.5 Å². The van der Waals surface area contributed by atoms with E-state index in [1.54, 1.807) is 12.1 Å². The van der Waals surface area contributed by atoms with Gasteiger partial charge in [-0.25, -0.2) is 0 Å². The number of aliphatic hydroxyl groups is 1. The third kappa shape index (κ3) is 3.27. The first-order valence-electron chi connectivity index (χ1n) is 5.22. The molecule has 18 heavy (non-hydrogen) atoms. The Labute approximate surface area is 109 Å². The van der Waals surface area contributed by atoms with E-state index in [-0.39, 0.29) is 18.0 Å². The molecule has 0 heterocycles. The first-order chi connectivity index (χ1) is 8.65. The zero-order chi connectivity index (χ0) is 13.5. The highest BCUT2D eigenvalue weighted by molar-refractivity contribution is 7.98. The molecule has 0 unspecified atom stereocenters. The van der Waals surface area contributed by atoms with Crippen LogP contribution < -0.4 is 9.47 Å². The van der Waals surface area contributed by atoms with Crippen molar-refractivity contribution < 1.29 is 19.5 Å². The molecule has 0 aliphatic rings. The molecule has 0 bridgehead atoms. The number of hydrogen-bond donors (Lipinski definition) is 1. The van der Waals surface area contributed by atoms with Crippen molar-refractivity contribution in [2.75, 3.05) is 26.6 Å². The highest BCUT2D eigenvalue weighted by Crippen LogP contribution is 2.40. The fourth-order valence-electron chi connectivity index (χ4n) is 1.51. The van der Waals surface area contributed by atoms with E-state index in [1.807, 2.05) is 0 Å². The van der Waals surface area contributed by atoms with Crippen LogP contribution in [-0.4, -0.2) is 36.6 Å². The molecule has 1 rings (SSSR count). The van der Waals surface area contributed by atoms with Gasteiger partial charge in [0.1, 0.15) is 0 Å². The van der Waals surface area contributed by atoms with Gasteiger partial charge in [0.25, 0.3) is 0 Å². The molecule has 0 aliphatic heterocycles. The molecule has 6 nitrogen and oxygen atoms in total. The molecule has 1 N–H and O–H groups in total. The van der Waals surface area contributed by atoms with E-state index in [1.165, 1.54) is 26.0 Å². The van der Waals surface area contributed by atoms with Gasteiger partial charge in [0.05, 0.1) is 25.7 Å². The quantitative estimate of drug-likeness (QED) is 0.464. The van der Waals surface area contributed by atoms with E-state index in [0.29, 0.717) is 22.8 Å². The first kappa shape index (κ1) is 14.6. The van der Waals surface area contributed by atoms with Gasteiger partial charge in [-0.1, -0.05) is 0 Å². The minimum Gasteiger partial charge on any atom is -0.493 e. The summed E-state index contributed by atoms with van der Waals surface area (Å²) in [6.07, 6.45) is 0. The van der Waals surface area contributed by atoms with Gasteiger partial charge in [0, 0.05) is 17.1 Å². The van der Waals surface area contributed by atoms with Crippen LogP contribution in [0.5, 0.6) is 11.5 Å². The number of rotatable bonds is 7. The number of methoxy groups -OCH3 is 2. The number of ether oxygens (including phenoxy) is 2. The van der Waals surface area contributed by atoms with Gasteiger partial charge in [-0.3, -0.25) is 10.1 Å².